The summed E-state index contributed by atoms with van der Waals surface area (Å²) in [6.45, 7) is 6.08. The van der Waals surface area contributed by atoms with Crippen molar-refractivity contribution in [1.82, 2.24) is 0 Å². The average molecular weight is 402 g/mol. The van der Waals surface area contributed by atoms with E-state index in [1.807, 2.05) is 80.6 Å². The maximum absolute atomic E-state index is 6.16. The summed E-state index contributed by atoms with van der Waals surface area (Å²) in [6, 6.07) is 23.4. The van der Waals surface area contributed by atoms with Gasteiger partial charge in [0.15, 0.2) is 0 Å². The van der Waals surface area contributed by atoms with Crippen LogP contribution in [0.25, 0.3) is 0 Å². The summed E-state index contributed by atoms with van der Waals surface area (Å²) in [5, 5.41) is 0. The van der Waals surface area contributed by atoms with Crippen molar-refractivity contribution in [1.29, 1.82) is 0 Å². The Hall–Kier alpha value is -3.53. The highest BCUT2D eigenvalue weighted by molar-refractivity contribution is 5.96. The molecule has 0 saturated heterocycles. The zero-order valence-corrected chi connectivity index (χ0v) is 17.9. The van der Waals surface area contributed by atoms with Crippen molar-refractivity contribution in [2.45, 2.75) is 27.2 Å². The van der Waals surface area contributed by atoms with E-state index in [2.05, 4.69) is 13.0 Å². The molecule has 154 valence electrons. The smallest absolute Gasteiger partial charge is 0.225 e. The van der Waals surface area contributed by atoms with Gasteiger partial charge in [0.05, 0.1) is 19.1 Å². The van der Waals surface area contributed by atoms with Crippen LogP contribution >= 0.6 is 0 Å². The summed E-state index contributed by atoms with van der Waals surface area (Å²) in [6.07, 6.45) is 2.60. The van der Waals surface area contributed by atoms with E-state index in [4.69, 9.17) is 19.2 Å². The number of rotatable bonds is 7. The molecule has 3 aromatic rings. The number of aryl methyl sites for hydroxylation is 2. The lowest BCUT2D eigenvalue weighted by Crippen LogP contribution is -2.11. The first-order chi connectivity index (χ1) is 14.6. The Bertz CT molecular complexity index is 1020. The minimum atomic E-state index is 0.473. The number of nitrogens with zero attached hydrogens (tertiary/aromatic N) is 1. The van der Waals surface area contributed by atoms with Crippen LogP contribution in [0.15, 0.2) is 89.6 Å². The fraction of sp³-hybridized carbons (Fsp3) is 0.192. The normalized spacial score (nSPS) is 11.9. The molecule has 3 aromatic carbocycles. The molecule has 0 N–H and O–H groups in total. The lowest BCUT2D eigenvalue weighted by Gasteiger charge is -2.11. The highest BCUT2D eigenvalue weighted by Gasteiger charge is 2.09. The Morgan fingerprint density at radius 1 is 0.900 bits per heavy atom. The number of ether oxygens (including phenoxy) is 3. The van der Waals surface area contributed by atoms with Crippen LogP contribution in [0.4, 0.5) is 5.69 Å². The van der Waals surface area contributed by atoms with Crippen molar-refractivity contribution >= 4 is 11.6 Å². The molecule has 0 heterocycles. The Balaban J connectivity index is 1.89. The van der Waals surface area contributed by atoms with Gasteiger partial charge >= 0.3 is 0 Å². The van der Waals surface area contributed by atoms with E-state index in [0.717, 1.165) is 34.9 Å². The average Bonchev–Trinajstić information content (AvgIpc) is 2.78. The fourth-order valence-corrected chi connectivity index (χ4v) is 2.73. The number of hydrogen-bond acceptors (Lipinski definition) is 4. The SMILES string of the molecule is CCc1cccc(OC(=N/c2ccc(OC)cc2)/C(C)=C/Oc2ccc(C)cc2)c1. The second kappa shape index (κ2) is 10.3. The highest BCUT2D eigenvalue weighted by Crippen LogP contribution is 2.22. The molecule has 0 aliphatic carbocycles. The van der Waals surface area contributed by atoms with Gasteiger partial charge in [-0.2, -0.15) is 0 Å². The first-order valence-electron chi connectivity index (χ1n) is 9.97. The van der Waals surface area contributed by atoms with Crippen LogP contribution in [0.3, 0.4) is 0 Å². The number of methoxy groups -OCH3 is 1. The minimum Gasteiger partial charge on any atom is -0.497 e. The summed E-state index contributed by atoms with van der Waals surface area (Å²) in [5.41, 5.74) is 3.92. The lowest BCUT2D eigenvalue weighted by molar-refractivity contribution is 0.415. The molecular formula is C26H27NO3. The zero-order chi connectivity index (χ0) is 21.3. The van der Waals surface area contributed by atoms with Crippen LogP contribution in [-0.4, -0.2) is 13.0 Å². The molecule has 0 unspecified atom stereocenters. The molecule has 0 saturated carbocycles. The minimum absolute atomic E-state index is 0.473. The molecule has 0 aromatic heterocycles. The molecule has 0 bridgehead atoms. The van der Waals surface area contributed by atoms with Crippen molar-refractivity contribution in [3.05, 3.63) is 95.8 Å². The van der Waals surface area contributed by atoms with Crippen molar-refractivity contribution in [3.8, 4) is 17.2 Å². The maximum Gasteiger partial charge on any atom is 0.225 e. The van der Waals surface area contributed by atoms with Crippen molar-refractivity contribution < 1.29 is 14.2 Å². The largest absolute Gasteiger partial charge is 0.497 e. The monoisotopic (exact) mass is 401 g/mol. The van der Waals surface area contributed by atoms with Gasteiger partial charge in [0.2, 0.25) is 5.90 Å². The van der Waals surface area contributed by atoms with E-state index in [1.165, 1.54) is 11.1 Å². The van der Waals surface area contributed by atoms with E-state index < -0.39 is 0 Å². The van der Waals surface area contributed by atoms with E-state index in [0.29, 0.717) is 5.90 Å². The van der Waals surface area contributed by atoms with Gasteiger partial charge in [0.25, 0.3) is 0 Å². The Morgan fingerprint density at radius 2 is 1.60 bits per heavy atom. The van der Waals surface area contributed by atoms with Gasteiger partial charge in [0.1, 0.15) is 17.2 Å². The topological polar surface area (TPSA) is 40.0 Å². The molecule has 3 rings (SSSR count). The number of hydrogen-bond donors (Lipinski definition) is 0. The standard InChI is InChI=1S/C26H27NO3/c1-5-21-7-6-8-25(17-21)30-26(27-22-11-15-23(28-4)16-12-22)20(3)18-29-24-13-9-19(2)10-14-24/h6-18H,5H2,1-4H3/b20-18+,27-26+. The molecule has 0 aliphatic heterocycles. The quantitative estimate of drug-likeness (QED) is 0.252. The molecule has 0 amide bonds. The molecule has 4 nitrogen and oxygen atoms in total. The van der Waals surface area contributed by atoms with Crippen LogP contribution in [0.5, 0.6) is 17.2 Å². The van der Waals surface area contributed by atoms with Gasteiger partial charge in [0, 0.05) is 5.57 Å². The van der Waals surface area contributed by atoms with Crippen LogP contribution in [0, 0.1) is 6.92 Å². The Morgan fingerprint density at radius 3 is 2.27 bits per heavy atom. The van der Waals surface area contributed by atoms with Crippen molar-refractivity contribution in [3.63, 3.8) is 0 Å². The third kappa shape index (κ3) is 5.98. The first kappa shape index (κ1) is 21.2. The molecular weight excluding hydrogens is 374 g/mol. The Labute approximate surface area is 178 Å². The third-order valence-corrected chi connectivity index (χ3v) is 4.55. The molecule has 0 atom stereocenters. The summed E-state index contributed by atoms with van der Waals surface area (Å²) in [4.78, 5) is 4.70. The molecule has 0 fully saturated rings. The predicted molar refractivity (Wildman–Crippen MR) is 122 cm³/mol. The van der Waals surface area contributed by atoms with Crippen molar-refractivity contribution in [2.24, 2.45) is 4.99 Å². The van der Waals surface area contributed by atoms with E-state index in [9.17, 15) is 0 Å². The van der Waals surface area contributed by atoms with E-state index >= 15 is 0 Å². The maximum atomic E-state index is 6.16. The van der Waals surface area contributed by atoms with Gasteiger partial charge in [-0.25, -0.2) is 4.99 Å². The van der Waals surface area contributed by atoms with Gasteiger partial charge in [-0.3, -0.25) is 0 Å². The summed E-state index contributed by atoms with van der Waals surface area (Å²) >= 11 is 0. The predicted octanol–water partition coefficient (Wildman–Crippen LogP) is 6.66. The van der Waals surface area contributed by atoms with Crippen molar-refractivity contribution in [2.75, 3.05) is 7.11 Å². The molecule has 30 heavy (non-hydrogen) atoms. The van der Waals surface area contributed by atoms with E-state index in [1.54, 1.807) is 13.4 Å². The van der Waals surface area contributed by atoms with Gasteiger partial charge in [-0.1, -0.05) is 36.8 Å². The number of benzene rings is 3. The second-order valence-corrected chi connectivity index (χ2v) is 6.95. The molecule has 0 spiro atoms. The third-order valence-electron chi connectivity index (χ3n) is 4.55. The van der Waals surface area contributed by atoms with Crippen LogP contribution < -0.4 is 14.2 Å². The summed E-state index contributed by atoms with van der Waals surface area (Å²) < 4.78 is 17.2. The molecule has 0 radical (unpaired) electrons. The first-order valence-corrected chi connectivity index (χ1v) is 9.97. The van der Waals surface area contributed by atoms with E-state index in [-0.39, 0.29) is 0 Å². The highest BCUT2D eigenvalue weighted by atomic mass is 16.5. The van der Waals surface area contributed by atoms with Crippen LogP contribution in [-0.2, 0) is 6.42 Å². The fourth-order valence-electron chi connectivity index (χ4n) is 2.73. The zero-order valence-electron chi connectivity index (χ0n) is 17.9. The van der Waals surface area contributed by atoms with Gasteiger partial charge < -0.3 is 14.2 Å². The lowest BCUT2D eigenvalue weighted by atomic mass is 10.2. The summed E-state index contributed by atoms with van der Waals surface area (Å²) in [7, 11) is 1.64. The second-order valence-electron chi connectivity index (χ2n) is 6.95. The Kier molecular flexibility index (Phi) is 7.28. The number of aliphatic imine (C=N–C) groups is 1. The van der Waals surface area contributed by atoms with Gasteiger partial charge in [-0.05, 0) is 74.4 Å². The van der Waals surface area contributed by atoms with Gasteiger partial charge in [-0.15, -0.1) is 0 Å². The molecule has 4 heteroatoms. The summed E-state index contributed by atoms with van der Waals surface area (Å²) in [5.74, 6) is 2.75. The van der Waals surface area contributed by atoms with Crippen LogP contribution in [0.2, 0.25) is 0 Å². The molecule has 0 aliphatic rings. The van der Waals surface area contributed by atoms with Crippen LogP contribution in [0.1, 0.15) is 25.0 Å².